The molecule has 4 heteroatoms. The van der Waals surface area contributed by atoms with Gasteiger partial charge in [-0.05, 0) is 12.3 Å². The van der Waals surface area contributed by atoms with E-state index in [0.717, 1.165) is 4.48 Å². The molecule has 0 aromatic carbocycles. The normalized spacial score (nSPS) is 12.9. The summed E-state index contributed by atoms with van der Waals surface area (Å²) in [4.78, 5) is 10.7. The summed E-state index contributed by atoms with van der Waals surface area (Å²) in [5, 5.41) is 11.7. The Kier molecular flexibility index (Phi) is 5.99. The lowest BCUT2D eigenvalue weighted by molar-refractivity contribution is -0.139. The fraction of sp³-hybridized carbons (Fsp3) is 0.667. The van der Waals surface area contributed by atoms with Crippen LogP contribution >= 0.6 is 15.9 Å². The summed E-state index contributed by atoms with van der Waals surface area (Å²) < 4.78 is 0.766. The minimum atomic E-state index is -0.803. The molecule has 0 heterocycles. The van der Waals surface area contributed by atoms with Gasteiger partial charge in [-0.15, -0.1) is 0 Å². The van der Waals surface area contributed by atoms with Crippen molar-refractivity contribution in [3.05, 3.63) is 11.1 Å². The molecule has 0 amide bonds. The van der Waals surface area contributed by atoms with E-state index in [2.05, 4.69) is 27.8 Å². The van der Waals surface area contributed by atoms with Crippen LogP contribution in [0.15, 0.2) is 11.1 Å². The van der Waals surface area contributed by atoms with Gasteiger partial charge >= 0.3 is 5.97 Å². The number of hydrogen-bond donors (Lipinski definition) is 2. The van der Waals surface area contributed by atoms with Gasteiger partial charge in [-0.1, -0.05) is 36.4 Å². The Balaban J connectivity index is 3.95. The van der Waals surface area contributed by atoms with Crippen molar-refractivity contribution in [2.24, 2.45) is 5.92 Å². The lowest BCUT2D eigenvalue weighted by Crippen LogP contribution is -2.38. The summed E-state index contributed by atoms with van der Waals surface area (Å²) in [6.07, 6.45) is 0.635. The van der Waals surface area contributed by atoms with Crippen molar-refractivity contribution in [2.75, 3.05) is 6.54 Å². The Morgan fingerprint density at radius 2 is 2.15 bits per heavy atom. The molecule has 13 heavy (non-hydrogen) atoms. The fourth-order valence-electron chi connectivity index (χ4n) is 0.977. The topological polar surface area (TPSA) is 49.3 Å². The van der Waals surface area contributed by atoms with Gasteiger partial charge in [0.25, 0.3) is 0 Å². The van der Waals surface area contributed by atoms with Crippen LogP contribution in [0.1, 0.15) is 20.3 Å². The van der Waals surface area contributed by atoms with E-state index in [4.69, 9.17) is 5.11 Å². The van der Waals surface area contributed by atoms with Crippen molar-refractivity contribution in [3.8, 4) is 0 Å². The number of carbonyl (C=O) groups is 1. The first-order chi connectivity index (χ1) is 5.93. The van der Waals surface area contributed by atoms with Crippen LogP contribution in [0.2, 0.25) is 0 Å². The van der Waals surface area contributed by atoms with Crippen LogP contribution in [0.25, 0.3) is 0 Å². The Labute approximate surface area is 87.3 Å². The van der Waals surface area contributed by atoms with Gasteiger partial charge in [0, 0.05) is 11.0 Å². The van der Waals surface area contributed by atoms with E-state index < -0.39 is 12.0 Å². The summed E-state index contributed by atoms with van der Waals surface area (Å²) >= 11 is 3.17. The van der Waals surface area contributed by atoms with Gasteiger partial charge in [-0.3, -0.25) is 10.1 Å². The van der Waals surface area contributed by atoms with Crippen LogP contribution in [0.4, 0.5) is 0 Å². The first-order valence-electron chi connectivity index (χ1n) is 4.23. The molecular weight excluding hydrogens is 234 g/mol. The third-order valence-corrected chi connectivity index (χ3v) is 1.83. The van der Waals surface area contributed by atoms with E-state index in [1.54, 1.807) is 0 Å². The van der Waals surface area contributed by atoms with Crippen molar-refractivity contribution in [1.29, 1.82) is 0 Å². The van der Waals surface area contributed by atoms with Crippen LogP contribution in [0.3, 0.4) is 0 Å². The van der Waals surface area contributed by atoms with E-state index in [9.17, 15) is 4.79 Å². The molecule has 0 fully saturated rings. The second kappa shape index (κ2) is 6.16. The van der Waals surface area contributed by atoms with Gasteiger partial charge < -0.3 is 5.11 Å². The first-order valence-corrected chi connectivity index (χ1v) is 5.02. The minimum absolute atomic E-state index is 0.372. The SMILES string of the molecule is C=C(Br)CNC(CC(C)C)C(=O)O. The summed E-state index contributed by atoms with van der Waals surface area (Å²) in [6.45, 7) is 8.12. The molecule has 0 aliphatic rings. The van der Waals surface area contributed by atoms with Crippen LogP contribution < -0.4 is 5.32 Å². The molecule has 2 N–H and O–H groups in total. The average molecular weight is 250 g/mol. The second-order valence-corrected chi connectivity index (χ2v) is 4.54. The molecule has 0 rings (SSSR count). The molecule has 0 spiro atoms. The number of hydrogen-bond acceptors (Lipinski definition) is 2. The third-order valence-electron chi connectivity index (χ3n) is 1.55. The maximum absolute atomic E-state index is 10.7. The van der Waals surface area contributed by atoms with E-state index >= 15 is 0 Å². The van der Waals surface area contributed by atoms with Crippen LogP contribution in [0.5, 0.6) is 0 Å². The smallest absolute Gasteiger partial charge is 0.320 e. The molecule has 0 saturated carbocycles. The maximum Gasteiger partial charge on any atom is 0.320 e. The summed E-state index contributed by atoms with van der Waals surface area (Å²) in [5.41, 5.74) is 0. The molecule has 1 atom stereocenters. The highest BCUT2D eigenvalue weighted by Crippen LogP contribution is 2.06. The Hall–Kier alpha value is -0.350. The number of aliphatic carboxylic acids is 1. The fourth-order valence-corrected chi connectivity index (χ4v) is 1.14. The predicted octanol–water partition coefficient (Wildman–Crippen LogP) is 1.98. The standard InChI is InChI=1S/C9H16BrNO2/c1-6(2)4-8(9(12)13)11-5-7(3)10/h6,8,11H,3-5H2,1-2H3,(H,12,13). The number of rotatable bonds is 6. The van der Waals surface area contributed by atoms with Crippen LogP contribution in [-0.4, -0.2) is 23.7 Å². The lowest BCUT2D eigenvalue weighted by Gasteiger charge is -2.15. The van der Waals surface area contributed by atoms with Gasteiger partial charge in [0.1, 0.15) is 6.04 Å². The quantitative estimate of drug-likeness (QED) is 0.757. The first kappa shape index (κ1) is 12.7. The van der Waals surface area contributed by atoms with Crippen LogP contribution in [-0.2, 0) is 4.79 Å². The predicted molar refractivity (Wildman–Crippen MR) is 56.9 cm³/mol. The Morgan fingerprint density at radius 3 is 2.46 bits per heavy atom. The third kappa shape index (κ3) is 6.78. The largest absolute Gasteiger partial charge is 0.480 e. The van der Waals surface area contributed by atoms with Crippen molar-refractivity contribution < 1.29 is 9.90 Å². The molecule has 0 aromatic rings. The van der Waals surface area contributed by atoms with E-state index in [-0.39, 0.29) is 0 Å². The van der Waals surface area contributed by atoms with Gasteiger partial charge in [0.05, 0.1) is 0 Å². The molecule has 0 aliphatic heterocycles. The highest BCUT2D eigenvalue weighted by molar-refractivity contribution is 9.11. The average Bonchev–Trinajstić information content (AvgIpc) is 1.96. The molecule has 76 valence electrons. The lowest BCUT2D eigenvalue weighted by atomic mass is 10.0. The zero-order valence-electron chi connectivity index (χ0n) is 8.01. The number of carboxylic acid groups (broad SMARTS) is 1. The van der Waals surface area contributed by atoms with Crippen molar-refractivity contribution >= 4 is 21.9 Å². The zero-order valence-corrected chi connectivity index (χ0v) is 9.60. The number of halogens is 1. The molecule has 0 radical (unpaired) electrons. The highest BCUT2D eigenvalue weighted by Gasteiger charge is 2.17. The van der Waals surface area contributed by atoms with Gasteiger partial charge in [-0.2, -0.15) is 0 Å². The Bertz CT molecular complexity index is 192. The van der Waals surface area contributed by atoms with E-state index in [0.29, 0.717) is 18.9 Å². The monoisotopic (exact) mass is 249 g/mol. The molecular formula is C9H16BrNO2. The molecule has 1 unspecified atom stereocenters. The van der Waals surface area contributed by atoms with Crippen LogP contribution in [0, 0.1) is 5.92 Å². The minimum Gasteiger partial charge on any atom is -0.480 e. The maximum atomic E-state index is 10.7. The molecule has 0 bridgehead atoms. The number of nitrogens with one attached hydrogen (secondary N) is 1. The highest BCUT2D eigenvalue weighted by atomic mass is 79.9. The van der Waals surface area contributed by atoms with Gasteiger partial charge in [-0.25, -0.2) is 0 Å². The van der Waals surface area contributed by atoms with Crippen molar-refractivity contribution in [1.82, 2.24) is 5.32 Å². The molecule has 0 saturated heterocycles. The zero-order chi connectivity index (χ0) is 10.4. The second-order valence-electron chi connectivity index (χ2n) is 3.42. The van der Waals surface area contributed by atoms with E-state index in [1.807, 2.05) is 13.8 Å². The Morgan fingerprint density at radius 1 is 1.62 bits per heavy atom. The van der Waals surface area contributed by atoms with Gasteiger partial charge in [0.15, 0.2) is 0 Å². The summed E-state index contributed by atoms with van der Waals surface area (Å²) in [5.74, 6) is -0.431. The molecule has 0 aromatic heterocycles. The van der Waals surface area contributed by atoms with E-state index in [1.165, 1.54) is 0 Å². The van der Waals surface area contributed by atoms with Crippen molar-refractivity contribution in [3.63, 3.8) is 0 Å². The molecule has 0 aliphatic carbocycles. The summed E-state index contributed by atoms with van der Waals surface area (Å²) in [6, 6.07) is -0.478. The molecule has 3 nitrogen and oxygen atoms in total. The summed E-state index contributed by atoms with van der Waals surface area (Å²) in [7, 11) is 0. The van der Waals surface area contributed by atoms with Crippen molar-refractivity contribution in [2.45, 2.75) is 26.3 Å². The van der Waals surface area contributed by atoms with Gasteiger partial charge in [0.2, 0.25) is 0 Å². The number of carboxylic acids is 1.